The summed E-state index contributed by atoms with van der Waals surface area (Å²) in [4.78, 5) is 29.7. The Morgan fingerprint density at radius 1 is 0.969 bits per heavy atom. The number of amides is 2. The molecule has 0 saturated carbocycles. The number of nitrogens with one attached hydrogen (secondary N) is 2. The van der Waals surface area contributed by atoms with Crippen LogP contribution in [0, 0.1) is 25.2 Å². The van der Waals surface area contributed by atoms with E-state index in [-0.39, 0.29) is 11.8 Å². The molecule has 0 radical (unpaired) electrons. The molecule has 2 amide bonds. The maximum atomic E-state index is 12.8. The van der Waals surface area contributed by atoms with Crippen molar-refractivity contribution in [2.24, 2.45) is 0 Å². The zero-order chi connectivity index (χ0) is 23.5. The van der Waals surface area contributed by atoms with Crippen LogP contribution in [0.4, 0.5) is 17.2 Å². The highest BCUT2D eigenvalue weighted by Crippen LogP contribution is 2.24. The van der Waals surface area contributed by atoms with Gasteiger partial charge in [-0.1, -0.05) is 18.2 Å². The largest absolute Gasteiger partial charge is 0.383 e. The summed E-state index contributed by atoms with van der Waals surface area (Å²) in [5.41, 5.74) is 9.19. The number of hydrogen-bond acceptors (Lipinski definition) is 5. The van der Waals surface area contributed by atoms with Crippen molar-refractivity contribution < 1.29 is 9.59 Å². The molecule has 0 unspecified atom stereocenters. The molecule has 4 N–H and O–H groups in total. The van der Waals surface area contributed by atoms with Crippen molar-refractivity contribution in [2.45, 2.75) is 33.1 Å². The maximum absolute atomic E-state index is 12.8. The van der Waals surface area contributed by atoms with E-state index in [1.807, 2.05) is 19.9 Å². The lowest BCUT2D eigenvalue weighted by Gasteiger charge is -2.16. The molecular formula is C25H25N5O2. The molecule has 0 atom stereocenters. The van der Waals surface area contributed by atoms with Crippen LogP contribution in [0.2, 0.25) is 0 Å². The summed E-state index contributed by atoms with van der Waals surface area (Å²) in [6.45, 7) is 7.23. The van der Waals surface area contributed by atoms with Crippen molar-refractivity contribution in [1.82, 2.24) is 4.98 Å². The van der Waals surface area contributed by atoms with Crippen molar-refractivity contribution in [1.29, 1.82) is 5.26 Å². The fourth-order valence-electron chi connectivity index (χ4n) is 3.11. The summed E-state index contributed by atoms with van der Waals surface area (Å²) < 4.78 is 0. The zero-order valence-corrected chi connectivity index (χ0v) is 18.5. The van der Waals surface area contributed by atoms with Gasteiger partial charge in [-0.25, -0.2) is 4.98 Å². The Bertz CT molecular complexity index is 1240. The fourth-order valence-corrected chi connectivity index (χ4v) is 3.11. The van der Waals surface area contributed by atoms with Gasteiger partial charge in [0.15, 0.2) is 0 Å². The van der Waals surface area contributed by atoms with E-state index in [2.05, 4.69) is 21.7 Å². The number of nitrogen functional groups attached to an aromatic ring is 1. The fraction of sp³-hybridized carbons (Fsp3) is 0.200. The lowest BCUT2D eigenvalue weighted by molar-refractivity contribution is 0.101. The normalized spacial score (nSPS) is 10.8. The first-order valence-electron chi connectivity index (χ1n) is 10.1. The minimum absolute atomic E-state index is 0.317. The first-order chi connectivity index (χ1) is 15.1. The number of aryl methyl sites for hydroxylation is 2. The third-order valence-corrected chi connectivity index (χ3v) is 5.24. The van der Waals surface area contributed by atoms with Gasteiger partial charge in [-0.2, -0.15) is 5.26 Å². The molecule has 0 spiro atoms. The van der Waals surface area contributed by atoms with Crippen molar-refractivity contribution in [3.05, 3.63) is 82.5 Å². The average Bonchev–Trinajstić information content (AvgIpc) is 2.77. The highest BCUT2D eigenvalue weighted by Gasteiger charge is 2.21. The Labute approximate surface area is 187 Å². The number of carbonyl (C=O) groups excluding carboxylic acids is 2. The number of hydrogen-bond donors (Lipinski definition) is 3. The van der Waals surface area contributed by atoms with Crippen LogP contribution in [-0.4, -0.2) is 16.8 Å². The zero-order valence-electron chi connectivity index (χ0n) is 18.5. The number of benzene rings is 2. The maximum Gasteiger partial charge on any atom is 0.256 e. The highest BCUT2D eigenvalue weighted by molar-refractivity contribution is 6.08. The van der Waals surface area contributed by atoms with Crippen LogP contribution in [0.25, 0.3) is 0 Å². The molecule has 7 nitrogen and oxygen atoms in total. The van der Waals surface area contributed by atoms with Gasteiger partial charge in [0.2, 0.25) is 0 Å². The lowest BCUT2D eigenvalue weighted by atomic mass is 9.85. The Morgan fingerprint density at radius 2 is 1.69 bits per heavy atom. The van der Waals surface area contributed by atoms with Gasteiger partial charge in [0, 0.05) is 16.8 Å². The molecule has 0 fully saturated rings. The second kappa shape index (κ2) is 8.90. The molecule has 0 saturated heterocycles. The molecule has 1 aromatic heterocycles. The molecule has 1 heterocycles. The number of carbonyl (C=O) groups is 2. The Hall–Kier alpha value is -4.18. The van der Waals surface area contributed by atoms with Crippen LogP contribution < -0.4 is 16.4 Å². The molecule has 3 rings (SSSR count). The number of nitriles is 1. The first-order valence-corrected chi connectivity index (χ1v) is 10.1. The third-order valence-electron chi connectivity index (χ3n) is 5.24. The van der Waals surface area contributed by atoms with Gasteiger partial charge >= 0.3 is 0 Å². The SMILES string of the molecule is Cc1ccc(NC(=O)c2cccc(C(C)(C)C#N)c2)cc1C(=O)Nc1cnc(N)c(C)c1. The van der Waals surface area contributed by atoms with Gasteiger partial charge in [0.05, 0.1) is 23.4 Å². The molecule has 2 aromatic carbocycles. The molecule has 0 aliphatic heterocycles. The first kappa shape index (κ1) is 22.5. The lowest BCUT2D eigenvalue weighted by Crippen LogP contribution is -2.18. The van der Waals surface area contributed by atoms with Gasteiger partial charge in [-0.05, 0) is 74.7 Å². The third kappa shape index (κ3) is 4.93. The summed E-state index contributed by atoms with van der Waals surface area (Å²) in [7, 11) is 0. The van der Waals surface area contributed by atoms with Gasteiger partial charge in [0.1, 0.15) is 5.82 Å². The molecule has 32 heavy (non-hydrogen) atoms. The van der Waals surface area contributed by atoms with E-state index < -0.39 is 5.41 Å². The second-order valence-electron chi connectivity index (χ2n) is 8.18. The second-order valence-corrected chi connectivity index (χ2v) is 8.18. The van der Waals surface area contributed by atoms with E-state index in [9.17, 15) is 14.9 Å². The minimum Gasteiger partial charge on any atom is -0.383 e. The van der Waals surface area contributed by atoms with Gasteiger partial charge in [-0.15, -0.1) is 0 Å². The van der Waals surface area contributed by atoms with Gasteiger partial charge < -0.3 is 16.4 Å². The van der Waals surface area contributed by atoms with Crippen LogP contribution in [0.3, 0.4) is 0 Å². The van der Waals surface area contributed by atoms with Crippen LogP contribution >= 0.6 is 0 Å². The predicted molar refractivity (Wildman–Crippen MR) is 126 cm³/mol. The molecular weight excluding hydrogens is 402 g/mol. The Kier molecular flexibility index (Phi) is 6.26. The monoisotopic (exact) mass is 427 g/mol. The Balaban J connectivity index is 1.80. The summed E-state index contributed by atoms with van der Waals surface area (Å²) in [6.07, 6.45) is 1.50. The van der Waals surface area contributed by atoms with Crippen LogP contribution in [-0.2, 0) is 5.41 Å². The van der Waals surface area contributed by atoms with E-state index in [1.165, 1.54) is 6.20 Å². The number of rotatable bonds is 5. The number of aromatic nitrogens is 1. The van der Waals surface area contributed by atoms with E-state index >= 15 is 0 Å². The molecule has 7 heteroatoms. The molecule has 3 aromatic rings. The van der Waals surface area contributed by atoms with Crippen molar-refractivity contribution in [3.8, 4) is 6.07 Å². The van der Waals surface area contributed by atoms with Crippen LogP contribution in [0.15, 0.2) is 54.7 Å². The quantitative estimate of drug-likeness (QED) is 0.550. The summed E-state index contributed by atoms with van der Waals surface area (Å²) in [5, 5.41) is 15.0. The van der Waals surface area contributed by atoms with E-state index in [0.717, 1.165) is 16.7 Å². The van der Waals surface area contributed by atoms with Crippen molar-refractivity contribution in [3.63, 3.8) is 0 Å². The van der Waals surface area contributed by atoms with E-state index in [4.69, 9.17) is 5.73 Å². The van der Waals surface area contributed by atoms with E-state index in [0.29, 0.717) is 28.3 Å². The predicted octanol–water partition coefficient (Wildman–Crippen LogP) is 4.59. The van der Waals surface area contributed by atoms with Crippen molar-refractivity contribution in [2.75, 3.05) is 16.4 Å². The molecule has 0 aliphatic rings. The summed E-state index contributed by atoms with van der Waals surface area (Å²) >= 11 is 0. The smallest absolute Gasteiger partial charge is 0.256 e. The number of nitrogens with zero attached hydrogens (tertiary/aromatic N) is 2. The minimum atomic E-state index is -0.708. The van der Waals surface area contributed by atoms with Crippen LogP contribution in [0.5, 0.6) is 0 Å². The van der Waals surface area contributed by atoms with Gasteiger partial charge in [0.25, 0.3) is 11.8 Å². The van der Waals surface area contributed by atoms with Crippen LogP contribution in [0.1, 0.15) is 51.3 Å². The average molecular weight is 428 g/mol. The van der Waals surface area contributed by atoms with E-state index in [1.54, 1.807) is 56.3 Å². The van der Waals surface area contributed by atoms with Crippen molar-refractivity contribution >= 4 is 29.0 Å². The highest BCUT2D eigenvalue weighted by atomic mass is 16.2. The molecule has 0 aliphatic carbocycles. The summed E-state index contributed by atoms with van der Waals surface area (Å²) in [6, 6.07) is 16.1. The number of anilines is 3. The number of nitrogens with two attached hydrogens (primary N) is 1. The standard InChI is InChI=1S/C25H25N5O2/c1-15-8-9-19(12-21(15)24(32)30-20-10-16(2)22(27)28-13-20)29-23(31)17-6-5-7-18(11-17)25(3,4)14-26/h5-13H,1-4H3,(H2,27,28)(H,29,31)(H,30,32). The Morgan fingerprint density at radius 3 is 2.38 bits per heavy atom. The number of pyridine rings is 1. The molecule has 0 bridgehead atoms. The van der Waals surface area contributed by atoms with Gasteiger partial charge in [-0.3, -0.25) is 9.59 Å². The topological polar surface area (TPSA) is 121 Å². The molecule has 162 valence electrons. The summed E-state index contributed by atoms with van der Waals surface area (Å²) in [5.74, 6) is -0.234.